The number of hydrogen-bond donors (Lipinski definition) is 1. The Morgan fingerprint density at radius 2 is 1.89 bits per heavy atom. The fourth-order valence-electron chi connectivity index (χ4n) is 1.86. The predicted molar refractivity (Wildman–Crippen MR) is 75.1 cm³/mol. The molecule has 0 spiro atoms. The molecule has 1 aromatic carbocycles. The zero-order valence-corrected chi connectivity index (χ0v) is 11.8. The number of rotatable bonds is 6. The van der Waals surface area contributed by atoms with Crippen LogP contribution in [0.5, 0.6) is 0 Å². The topological polar surface area (TPSA) is 37.3 Å². The van der Waals surface area contributed by atoms with E-state index in [-0.39, 0.29) is 30.5 Å². The van der Waals surface area contributed by atoms with Crippen LogP contribution in [0.2, 0.25) is 5.02 Å². The largest absolute Gasteiger partial charge is 0.481 e. The highest BCUT2D eigenvalue weighted by Gasteiger charge is 2.15. The molecule has 0 aromatic heterocycles. The normalized spacial score (nSPS) is 13.6. The Morgan fingerprint density at radius 3 is 2.37 bits per heavy atom. The lowest BCUT2D eigenvalue weighted by molar-refractivity contribution is -0.137. The van der Waals surface area contributed by atoms with Gasteiger partial charge in [0.15, 0.2) is 0 Å². The molecular weight excluding hydrogens is 267 g/mol. The summed E-state index contributed by atoms with van der Waals surface area (Å²) >= 11 is 5.83. The third-order valence-corrected chi connectivity index (χ3v) is 3.16. The zero-order chi connectivity index (χ0) is 14.4. The van der Waals surface area contributed by atoms with Crippen molar-refractivity contribution in [2.75, 3.05) is 0 Å². The minimum absolute atomic E-state index is 0.0634. The molecule has 0 fully saturated rings. The molecule has 1 aromatic rings. The highest BCUT2D eigenvalue weighted by Crippen LogP contribution is 2.29. The molecular formula is C15H18ClFO2. The third kappa shape index (κ3) is 5.43. The van der Waals surface area contributed by atoms with Crippen molar-refractivity contribution >= 4 is 17.6 Å². The monoisotopic (exact) mass is 284 g/mol. The number of carboxylic acid groups (broad SMARTS) is 1. The van der Waals surface area contributed by atoms with Crippen LogP contribution in [0.1, 0.15) is 38.2 Å². The van der Waals surface area contributed by atoms with Crippen LogP contribution >= 0.6 is 11.6 Å². The molecule has 0 bridgehead atoms. The van der Waals surface area contributed by atoms with Crippen molar-refractivity contribution in [3.05, 3.63) is 46.8 Å². The Kier molecular flexibility index (Phi) is 6.03. The van der Waals surface area contributed by atoms with Crippen LogP contribution in [-0.2, 0) is 4.79 Å². The van der Waals surface area contributed by atoms with Gasteiger partial charge in [0.1, 0.15) is 0 Å². The summed E-state index contributed by atoms with van der Waals surface area (Å²) in [6.45, 7) is 4.00. The van der Waals surface area contributed by atoms with E-state index in [1.165, 1.54) is 6.08 Å². The Labute approximate surface area is 117 Å². The molecule has 0 saturated heterocycles. The van der Waals surface area contributed by atoms with Gasteiger partial charge in [0.25, 0.3) is 0 Å². The summed E-state index contributed by atoms with van der Waals surface area (Å²) in [5.41, 5.74) is 0.977. The van der Waals surface area contributed by atoms with Gasteiger partial charge in [-0.2, -0.15) is 0 Å². The Bertz CT molecular complexity index is 452. The van der Waals surface area contributed by atoms with Gasteiger partial charge in [0.2, 0.25) is 0 Å². The lowest BCUT2D eigenvalue weighted by Crippen LogP contribution is -2.05. The van der Waals surface area contributed by atoms with Gasteiger partial charge in [-0.05, 0) is 29.7 Å². The maximum absolute atomic E-state index is 13.7. The Morgan fingerprint density at radius 1 is 1.32 bits per heavy atom. The molecule has 1 rings (SSSR count). The number of carbonyl (C=O) groups is 1. The first-order valence-corrected chi connectivity index (χ1v) is 6.61. The van der Waals surface area contributed by atoms with E-state index in [4.69, 9.17) is 16.7 Å². The van der Waals surface area contributed by atoms with Crippen molar-refractivity contribution in [2.45, 2.75) is 32.6 Å². The molecule has 0 amide bonds. The molecule has 0 aliphatic carbocycles. The molecule has 0 heterocycles. The minimum Gasteiger partial charge on any atom is -0.481 e. The number of allylic oxidation sites excluding steroid dienone is 2. The second-order valence-corrected chi connectivity index (χ2v) is 5.27. The molecule has 2 nitrogen and oxygen atoms in total. The van der Waals surface area contributed by atoms with Crippen LogP contribution < -0.4 is 0 Å². The van der Waals surface area contributed by atoms with E-state index in [0.29, 0.717) is 5.02 Å². The molecule has 0 aliphatic heterocycles. The molecule has 104 valence electrons. The van der Waals surface area contributed by atoms with Gasteiger partial charge in [-0.1, -0.05) is 37.6 Å². The molecule has 0 saturated carbocycles. The summed E-state index contributed by atoms with van der Waals surface area (Å²) in [6, 6.07) is 7.28. The molecule has 0 radical (unpaired) electrons. The smallest absolute Gasteiger partial charge is 0.303 e. The number of aliphatic carboxylic acids is 1. The van der Waals surface area contributed by atoms with Gasteiger partial charge < -0.3 is 5.11 Å². The van der Waals surface area contributed by atoms with Gasteiger partial charge >= 0.3 is 5.97 Å². The minimum atomic E-state index is -0.990. The van der Waals surface area contributed by atoms with Crippen LogP contribution in [0.4, 0.5) is 4.39 Å². The van der Waals surface area contributed by atoms with E-state index >= 15 is 0 Å². The summed E-state index contributed by atoms with van der Waals surface area (Å²) in [6.07, 6.45) is 1.26. The van der Waals surface area contributed by atoms with E-state index in [9.17, 15) is 9.18 Å². The van der Waals surface area contributed by atoms with Gasteiger partial charge in [0, 0.05) is 17.4 Å². The van der Waals surface area contributed by atoms with Crippen LogP contribution in [0, 0.1) is 5.92 Å². The maximum atomic E-state index is 13.7. The van der Waals surface area contributed by atoms with Crippen molar-refractivity contribution in [3.8, 4) is 0 Å². The number of carboxylic acids is 1. The fourth-order valence-corrected chi connectivity index (χ4v) is 1.99. The summed E-state index contributed by atoms with van der Waals surface area (Å²) in [7, 11) is 0. The average Bonchev–Trinajstić information content (AvgIpc) is 2.34. The number of hydrogen-bond acceptors (Lipinski definition) is 1. The van der Waals surface area contributed by atoms with Crippen molar-refractivity contribution < 1.29 is 14.3 Å². The van der Waals surface area contributed by atoms with Crippen molar-refractivity contribution in [3.63, 3.8) is 0 Å². The van der Waals surface area contributed by atoms with E-state index < -0.39 is 5.97 Å². The number of halogens is 2. The Hall–Kier alpha value is -1.35. The maximum Gasteiger partial charge on any atom is 0.303 e. The molecule has 1 atom stereocenters. The predicted octanol–water partition coefficient (Wildman–Crippen LogP) is 4.80. The number of benzene rings is 1. The first-order valence-electron chi connectivity index (χ1n) is 6.23. The van der Waals surface area contributed by atoms with Gasteiger partial charge in [-0.25, -0.2) is 4.39 Å². The lowest BCUT2D eigenvalue weighted by atomic mass is 9.87. The SMILES string of the molecule is CC(C)C(C=C(F)CCC(=O)O)c1ccc(Cl)cc1. The molecule has 19 heavy (non-hydrogen) atoms. The molecule has 1 N–H and O–H groups in total. The van der Waals surface area contributed by atoms with E-state index in [1.54, 1.807) is 12.1 Å². The van der Waals surface area contributed by atoms with E-state index in [1.807, 2.05) is 26.0 Å². The summed E-state index contributed by atoms with van der Waals surface area (Å²) in [4.78, 5) is 10.4. The third-order valence-electron chi connectivity index (χ3n) is 2.91. The summed E-state index contributed by atoms with van der Waals surface area (Å²) < 4.78 is 13.7. The highest BCUT2D eigenvalue weighted by atomic mass is 35.5. The lowest BCUT2D eigenvalue weighted by Gasteiger charge is -2.18. The quantitative estimate of drug-likeness (QED) is 0.815. The average molecular weight is 285 g/mol. The van der Waals surface area contributed by atoms with Gasteiger partial charge in [-0.15, -0.1) is 0 Å². The second kappa shape index (κ2) is 7.29. The Balaban J connectivity index is 2.86. The fraction of sp³-hybridized carbons (Fsp3) is 0.400. The molecule has 1 unspecified atom stereocenters. The molecule has 4 heteroatoms. The van der Waals surface area contributed by atoms with Crippen LogP contribution in [0.25, 0.3) is 0 Å². The highest BCUT2D eigenvalue weighted by molar-refractivity contribution is 6.30. The van der Waals surface area contributed by atoms with Crippen LogP contribution in [-0.4, -0.2) is 11.1 Å². The van der Waals surface area contributed by atoms with Gasteiger partial charge in [0.05, 0.1) is 12.2 Å². The summed E-state index contributed by atoms with van der Waals surface area (Å²) in [5, 5.41) is 9.19. The first-order chi connectivity index (χ1) is 8.90. The zero-order valence-electron chi connectivity index (χ0n) is 11.1. The summed E-state index contributed by atoms with van der Waals surface area (Å²) in [5.74, 6) is -1.23. The molecule has 0 aliphatic rings. The van der Waals surface area contributed by atoms with Crippen LogP contribution in [0.15, 0.2) is 36.2 Å². The van der Waals surface area contributed by atoms with Crippen molar-refractivity contribution in [1.29, 1.82) is 0 Å². The standard InChI is InChI=1S/C15H18ClFO2/c1-10(2)14(9-13(17)7-8-15(18)19)11-3-5-12(16)6-4-11/h3-6,9-10,14H,7-8H2,1-2H3,(H,18,19). The van der Waals surface area contributed by atoms with Crippen molar-refractivity contribution in [1.82, 2.24) is 0 Å². The van der Waals surface area contributed by atoms with Crippen molar-refractivity contribution in [2.24, 2.45) is 5.92 Å². The van der Waals surface area contributed by atoms with E-state index in [2.05, 4.69) is 0 Å². The van der Waals surface area contributed by atoms with Crippen LogP contribution in [0.3, 0.4) is 0 Å². The first kappa shape index (κ1) is 15.7. The van der Waals surface area contributed by atoms with E-state index in [0.717, 1.165) is 5.56 Å². The second-order valence-electron chi connectivity index (χ2n) is 4.83. The van der Waals surface area contributed by atoms with Gasteiger partial charge in [-0.3, -0.25) is 4.79 Å².